The van der Waals surface area contributed by atoms with E-state index in [1.54, 1.807) is 0 Å². The summed E-state index contributed by atoms with van der Waals surface area (Å²) >= 11 is 0. The maximum atomic E-state index is 10.9. The number of aromatic nitrogens is 1. The molecule has 2 rings (SSSR count). The van der Waals surface area contributed by atoms with Gasteiger partial charge in [-0.3, -0.25) is 4.79 Å². The molecule has 0 fully saturated rings. The maximum Gasteiger partial charge on any atom is 0.221 e. The molecule has 0 aliphatic rings. The molecule has 1 aromatic heterocycles. The highest BCUT2D eigenvalue weighted by molar-refractivity contribution is 5.79. The molecule has 3 nitrogen and oxygen atoms in total. The molecule has 1 amide bonds. The third-order valence-corrected chi connectivity index (χ3v) is 2.26. The molecule has 0 saturated heterocycles. The van der Waals surface area contributed by atoms with Gasteiger partial charge in [0.1, 0.15) is 0 Å². The van der Waals surface area contributed by atoms with Crippen molar-refractivity contribution in [3.8, 4) is 11.3 Å². The second-order valence-corrected chi connectivity index (χ2v) is 3.39. The molecule has 2 aromatic rings. The van der Waals surface area contributed by atoms with Gasteiger partial charge in [-0.25, -0.2) is 0 Å². The van der Waals surface area contributed by atoms with Gasteiger partial charge in [-0.15, -0.1) is 0 Å². The predicted molar refractivity (Wildman–Crippen MR) is 59.1 cm³/mol. The number of amides is 1. The van der Waals surface area contributed by atoms with Gasteiger partial charge in [0, 0.05) is 11.9 Å². The van der Waals surface area contributed by atoms with E-state index in [0.717, 1.165) is 16.8 Å². The van der Waals surface area contributed by atoms with Gasteiger partial charge in [0.25, 0.3) is 0 Å². The number of rotatable bonds is 3. The fourth-order valence-corrected chi connectivity index (χ4v) is 1.61. The third-order valence-electron chi connectivity index (χ3n) is 2.26. The lowest BCUT2D eigenvalue weighted by molar-refractivity contribution is -0.117. The Labute approximate surface area is 87.9 Å². The Hall–Kier alpha value is -2.03. The van der Waals surface area contributed by atoms with E-state index < -0.39 is 0 Å². The summed E-state index contributed by atoms with van der Waals surface area (Å²) in [5, 5.41) is 0. The van der Waals surface area contributed by atoms with E-state index in [9.17, 15) is 4.79 Å². The summed E-state index contributed by atoms with van der Waals surface area (Å²) < 4.78 is 0. The zero-order valence-corrected chi connectivity index (χ0v) is 8.23. The standard InChI is InChI=1S/C12H12N2O/c13-11(15)8-10-6-7-14-12(10)9-4-2-1-3-5-9/h1-7,14H,8H2,(H2,13,15). The molecule has 1 heterocycles. The third kappa shape index (κ3) is 2.07. The van der Waals surface area contributed by atoms with E-state index in [2.05, 4.69) is 4.98 Å². The van der Waals surface area contributed by atoms with Crippen molar-refractivity contribution in [2.45, 2.75) is 6.42 Å². The number of aromatic amines is 1. The summed E-state index contributed by atoms with van der Waals surface area (Å²) in [6, 6.07) is 11.8. The largest absolute Gasteiger partial charge is 0.369 e. The molecule has 0 aliphatic carbocycles. The first kappa shape index (κ1) is 9.52. The van der Waals surface area contributed by atoms with E-state index in [-0.39, 0.29) is 12.3 Å². The molecule has 76 valence electrons. The predicted octanol–water partition coefficient (Wildman–Crippen LogP) is 1.71. The van der Waals surface area contributed by atoms with Crippen molar-refractivity contribution in [1.82, 2.24) is 4.98 Å². The van der Waals surface area contributed by atoms with Crippen LogP contribution in [0, 0.1) is 0 Å². The molecule has 1 aromatic carbocycles. The van der Waals surface area contributed by atoms with Gasteiger partial charge in [-0.2, -0.15) is 0 Å². The Kier molecular flexibility index (Phi) is 2.54. The SMILES string of the molecule is NC(=O)Cc1cc[nH]c1-c1ccccc1. The van der Waals surface area contributed by atoms with Crippen molar-refractivity contribution in [2.24, 2.45) is 5.73 Å². The van der Waals surface area contributed by atoms with Crippen LogP contribution < -0.4 is 5.73 Å². The Bertz CT molecular complexity index is 459. The molecule has 0 atom stereocenters. The smallest absolute Gasteiger partial charge is 0.221 e. The number of benzene rings is 1. The molecule has 0 aliphatic heterocycles. The van der Waals surface area contributed by atoms with E-state index in [4.69, 9.17) is 5.73 Å². The highest BCUT2D eigenvalue weighted by Crippen LogP contribution is 2.21. The first-order valence-electron chi connectivity index (χ1n) is 4.77. The van der Waals surface area contributed by atoms with E-state index in [1.165, 1.54) is 0 Å². The highest BCUT2D eigenvalue weighted by atomic mass is 16.1. The first-order chi connectivity index (χ1) is 7.27. The molecule has 15 heavy (non-hydrogen) atoms. The molecular formula is C12H12N2O. The molecule has 3 heteroatoms. The minimum Gasteiger partial charge on any atom is -0.369 e. The number of carbonyl (C=O) groups is 1. The van der Waals surface area contributed by atoms with Crippen LogP contribution in [0.4, 0.5) is 0 Å². The topological polar surface area (TPSA) is 58.9 Å². The Balaban J connectivity index is 2.37. The van der Waals surface area contributed by atoms with Crippen LogP contribution in [0.1, 0.15) is 5.56 Å². The average molecular weight is 200 g/mol. The highest BCUT2D eigenvalue weighted by Gasteiger charge is 2.07. The van der Waals surface area contributed by atoms with E-state index in [1.807, 2.05) is 42.6 Å². The van der Waals surface area contributed by atoms with Crippen LogP contribution in [0.15, 0.2) is 42.6 Å². The first-order valence-corrected chi connectivity index (χ1v) is 4.77. The van der Waals surface area contributed by atoms with Crippen LogP contribution in [0.5, 0.6) is 0 Å². The van der Waals surface area contributed by atoms with Gasteiger partial charge in [-0.1, -0.05) is 30.3 Å². The lowest BCUT2D eigenvalue weighted by atomic mass is 10.1. The summed E-state index contributed by atoms with van der Waals surface area (Å²) in [5.74, 6) is -0.313. The number of nitrogens with two attached hydrogens (primary N) is 1. The number of hydrogen-bond acceptors (Lipinski definition) is 1. The molecule has 0 saturated carbocycles. The number of primary amides is 1. The van der Waals surface area contributed by atoms with Crippen LogP contribution in [0.2, 0.25) is 0 Å². The fraction of sp³-hybridized carbons (Fsp3) is 0.0833. The van der Waals surface area contributed by atoms with Crippen LogP contribution in [-0.4, -0.2) is 10.9 Å². The van der Waals surface area contributed by atoms with Crippen LogP contribution in [0.3, 0.4) is 0 Å². The lowest BCUT2D eigenvalue weighted by Gasteiger charge is -2.01. The molecule has 0 bridgehead atoms. The van der Waals surface area contributed by atoms with Crippen molar-refractivity contribution in [3.63, 3.8) is 0 Å². The van der Waals surface area contributed by atoms with Gasteiger partial charge in [-0.05, 0) is 17.2 Å². The van der Waals surface area contributed by atoms with Crippen LogP contribution in [-0.2, 0) is 11.2 Å². The Morgan fingerprint density at radius 3 is 2.60 bits per heavy atom. The normalized spacial score (nSPS) is 10.1. The number of H-pyrrole nitrogens is 1. The zero-order chi connectivity index (χ0) is 10.7. The molecule has 3 N–H and O–H groups in total. The van der Waals surface area contributed by atoms with Crippen LogP contribution in [0.25, 0.3) is 11.3 Å². The summed E-state index contributed by atoms with van der Waals surface area (Å²) in [6.07, 6.45) is 2.09. The second kappa shape index (κ2) is 4.00. The average Bonchev–Trinajstić information content (AvgIpc) is 2.66. The van der Waals surface area contributed by atoms with E-state index in [0.29, 0.717) is 0 Å². The van der Waals surface area contributed by atoms with Gasteiger partial charge < -0.3 is 10.7 Å². The summed E-state index contributed by atoms with van der Waals surface area (Å²) in [4.78, 5) is 14.0. The monoisotopic (exact) mass is 200 g/mol. The number of hydrogen-bond donors (Lipinski definition) is 2. The van der Waals surface area contributed by atoms with Gasteiger partial charge in [0.05, 0.1) is 6.42 Å². The summed E-state index contributed by atoms with van der Waals surface area (Å²) in [5.41, 5.74) is 8.15. The molecule has 0 radical (unpaired) electrons. The van der Waals surface area contributed by atoms with Crippen molar-refractivity contribution in [1.29, 1.82) is 0 Å². The van der Waals surface area contributed by atoms with Gasteiger partial charge >= 0.3 is 0 Å². The zero-order valence-electron chi connectivity index (χ0n) is 8.23. The van der Waals surface area contributed by atoms with Gasteiger partial charge in [0.2, 0.25) is 5.91 Å². The van der Waals surface area contributed by atoms with E-state index >= 15 is 0 Å². The maximum absolute atomic E-state index is 10.9. The lowest BCUT2D eigenvalue weighted by Crippen LogP contribution is -2.13. The van der Waals surface area contributed by atoms with Crippen molar-refractivity contribution in [3.05, 3.63) is 48.2 Å². The van der Waals surface area contributed by atoms with Crippen molar-refractivity contribution < 1.29 is 4.79 Å². The van der Waals surface area contributed by atoms with Crippen molar-refractivity contribution in [2.75, 3.05) is 0 Å². The quantitative estimate of drug-likeness (QED) is 0.778. The second-order valence-electron chi connectivity index (χ2n) is 3.39. The molecule has 0 spiro atoms. The number of carbonyl (C=O) groups excluding carboxylic acids is 1. The fourth-order valence-electron chi connectivity index (χ4n) is 1.61. The Morgan fingerprint density at radius 2 is 1.93 bits per heavy atom. The molecule has 0 unspecified atom stereocenters. The van der Waals surface area contributed by atoms with Crippen LogP contribution >= 0.6 is 0 Å². The molecular weight excluding hydrogens is 188 g/mol. The number of nitrogens with one attached hydrogen (secondary N) is 1. The summed E-state index contributed by atoms with van der Waals surface area (Å²) in [7, 11) is 0. The van der Waals surface area contributed by atoms with Gasteiger partial charge in [0.15, 0.2) is 0 Å². The minimum absolute atomic E-state index is 0.272. The minimum atomic E-state index is -0.313. The van der Waals surface area contributed by atoms with Crippen molar-refractivity contribution >= 4 is 5.91 Å². The summed E-state index contributed by atoms with van der Waals surface area (Å²) in [6.45, 7) is 0. The Morgan fingerprint density at radius 1 is 1.20 bits per heavy atom.